The molecule has 0 aromatic heterocycles. The van der Waals surface area contributed by atoms with Crippen LogP contribution in [0.2, 0.25) is 0 Å². The zero-order valence-corrected chi connectivity index (χ0v) is 13.0. The molecule has 19 heavy (non-hydrogen) atoms. The van der Waals surface area contributed by atoms with E-state index in [1.165, 1.54) is 12.1 Å². The minimum atomic E-state index is -0.496. The number of hydrogen-bond acceptors (Lipinski definition) is 2. The van der Waals surface area contributed by atoms with Crippen LogP contribution in [0, 0.1) is 5.82 Å². The van der Waals surface area contributed by atoms with E-state index in [2.05, 4.69) is 40.0 Å². The summed E-state index contributed by atoms with van der Waals surface area (Å²) >= 11 is 3.23. The van der Waals surface area contributed by atoms with Crippen LogP contribution in [0.3, 0.4) is 0 Å². The lowest BCUT2D eigenvalue weighted by Crippen LogP contribution is -2.30. The zero-order valence-electron chi connectivity index (χ0n) is 11.4. The molecule has 1 N–H and O–H groups in total. The predicted octanol–water partition coefficient (Wildman–Crippen LogP) is 3.05. The molecule has 1 aromatic carbocycles. The molecule has 0 atom stereocenters. The van der Waals surface area contributed by atoms with Crippen LogP contribution in [-0.2, 0) is 0 Å². The van der Waals surface area contributed by atoms with Gasteiger partial charge in [-0.2, -0.15) is 0 Å². The lowest BCUT2D eigenvalue weighted by Gasteiger charge is -2.17. The van der Waals surface area contributed by atoms with E-state index in [1.54, 1.807) is 6.07 Å². The first-order valence-electron chi connectivity index (χ1n) is 6.54. The minimum Gasteiger partial charge on any atom is -0.352 e. The van der Waals surface area contributed by atoms with E-state index in [9.17, 15) is 9.18 Å². The van der Waals surface area contributed by atoms with Gasteiger partial charge in [0.15, 0.2) is 0 Å². The highest BCUT2D eigenvalue weighted by Crippen LogP contribution is 2.15. The van der Waals surface area contributed by atoms with Gasteiger partial charge in [-0.1, -0.05) is 29.8 Å². The lowest BCUT2D eigenvalue weighted by atomic mass is 10.2. The standard InChI is InChI=1S/C14H20BrFN2O/c1-3-18(4-2)9-5-8-17-14(19)12-10-11(15)6-7-13(12)16/h6-7,10H,3-5,8-9H2,1-2H3,(H,17,19). The molecule has 0 fully saturated rings. The van der Waals surface area contributed by atoms with Crippen LogP contribution in [0.25, 0.3) is 0 Å². The number of halogens is 2. The van der Waals surface area contributed by atoms with Crippen LogP contribution < -0.4 is 5.32 Å². The summed E-state index contributed by atoms with van der Waals surface area (Å²) in [6.45, 7) is 7.73. The Balaban J connectivity index is 2.41. The first-order chi connectivity index (χ1) is 9.08. The molecule has 0 bridgehead atoms. The van der Waals surface area contributed by atoms with Crippen molar-refractivity contribution in [3.63, 3.8) is 0 Å². The second-order valence-electron chi connectivity index (χ2n) is 4.26. The third kappa shape index (κ3) is 5.28. The Labute approximate surface area is 122 Å². The molecule has 0 radical (unpaired) electrons. The van der Waals surface area contributed by atoms with Crippen molar-refractivity contribution in [2.75, 3.05) is 26.2 Å². The van der Waals surface area contributed by atoms with Crippen LogP contribution in [0.5, 0.6) is 0 Å². The maximum Gasteiger partial charge on any atom is 0.254 e. The van der Waals surface area contributed by atoms with E-state index in [-0.39, 0.29) is 11.5 Å². The van der Waals surface area contributed by atoms with Crippen molar-refractivity contribution in [1.82, 2.24) is 10.2 Å². The summed E-state index contributed by atoms with van der Waals surface area (Å²) in [5, 5.41) is 2.74. The molecule has 1 amide bonds. The molecule has 5 heteroatoms. The van der Waals surface area contributed by atoms with Crippen LogP contribution in [0.4, 0.5) is 4.39 Å². The van der Waals surface area contributed by atoms with E-state index >= 15 is 0 Å². The van der Waals surface area contributed by atoms with E-state index in [0.29, 0.717) is 11.0 Å². The summed E-state index contributed by atoms with van der Waals surface area (Å²) in [5.74, 6) is -0.859. The van der Waals surface area contributed by atoms with Gasteiger partial charge in [0, 0.05) is 11.0 Å². The summed E-state index contributed by atoms with van der Waals surface area (Å²) in [5.41, 5.74) is 0.0808. The van der Waals surface area contributed by atoms with Crippen molar-refractivity contribution in [1.29, 1.82) is 0 Å². The molecule has 0 spiro atoms. The maximum absolute atomic E-state index is 13.5. The largest absolute Gasteiger partial charge is 0.352 e. The predicted molar refractivity (Wildman–Crippen MR) is 78.8 cm³/mol. The fourth-order valence-electron chi connectivity index (χ4n) is 1.81. The number of carbonyl (C=O) groups is 1. The van der Waals surface area contributed by atoms with Crippen LogP contribution in [0.1, 0.15) is 30.6 Å². The number of hydrogen-bond donors (Lipinski definition) is 1. The minimum absolute atomic E-state index is 0.0808. The summed E-state index contributed by atoms with van der Waals surface area (Å²) < 4.78 is 14.2. The van der Waals surface area contributed by atoms with Crippen molar-refractivity contribution in [2.45, 2.75) is 20.3 Å². The zero-order chi connectivity index (χ0) is 14.3. The van der Waals surface area contributed by atoms with E-state index < -0.39 is 5.82 Å². The summed E-state index contributed by atoms with van der Waals surface area (Å²) in [6.07, 6.45) is 0.864. The molecule has 106 valence electrons. The summed E-state index contributed by atoms with van der Waals surface area (Å²) in [4.78, 5) is 14.1. The normalized spacial score (nSPS) is 10.8. The third-order valence-corrected chi connectivity index (χ3v) is 3.50. The van der Waals surface area contributed by atoms with Crippen molar-refractivity contribution < 1.29 is 9.18 Å². The van der Waals surface area contributed by atoms with Gasteiger partial charge in [0.1, 0.15) is 5.82 Å². The van der Waals surface area contributed by atoms with Crippen LogP contribution in [-0.4, -0.2) is 37.0 Å². The van der Waals surface area contributed by atoms with Gasteiger partial charge in [-0.05, 0) is 44.3 Å². The third-order valence-electron chi connectivity index (χ3n) is 3.00. The smallest absolute Gasteiger partial charge is 0.254 e. The second-order valence-corrected chi connectivity index (χ2v) is 5.18. The number of rotatable bonds is 7. The Bertz CT molecular complexity index is 422. The number of nitrogens with zero attached hydrogens (tertiary/aromatic N) is 1. The van der Waals surface area contributed by atoms with Gasteiger partial charge in [0.2, 0.25) is 0 Å². The Kier molecular flexibility index (Phi) is 7.02. The monoisotopic (exact) mass is 330 g/mol. The van der Waals surface area contributed by atoms with Gasteiger partial charge in [-0.3, -0.25) is 4.79 Å². The average Bonchev–Trinajstić information content (AvgIpc) is 2.41. The lowest BCUT2D eigenvalue weighted by molar-refractivity contribution is 0.0947. The van der Waals surface area contributed by atoms with Crippen molar-refractivity contribution in [3.8, 4) is 0 Å². The molecule has 0 heterocycles. The van der Waals surface area contributed by atoms with Crippen molar-refractivity contribution >= 4 is 21.8 Å². The Morgan fingerprint density at radius 2 is 2.05 bits per heavy atom. The second kappa shape index (κ2) is 8.27. The van der Waals surface area contributed by atoms with Gasteiger partial charge in [-0.25, -0.2) is 4.39 Å². The Morgan fingerprint density at radius 1 is 1.37 bits per heavy atom. The van der Waals surface area contributed by atoms with Gasteiger partial charge in [0.05, 0.1) is 5.56 Å². The molecule has 1 rings (SSSR count). The first kappa shape index (κ1) is 16.1. The quantitative estimate of drug-likeness (QED) is 0.779. The Hall–Kier alpha value is -0.940. The summed E-state index contributed by atoms with van der Waals surface area (Å²) in [7, 11) is 0. The molecule has 0 aliphatic rings. The van der Waals surface area contributed by atoms with E-state index in [1.807, 2.05) is 0 Å². The van der Waals surface area contributed by atoms with Crippen LogP contribution in [0.15, 0.2) is 22.7 Å². The fourth-order valence-corrected chi connectivity index (χ4v) is 2.17. The number of carbonyl (C=O) groups excluding carboxylic acids is 1. The molecular weight excluding hydrogens is 311 g/mol. The fraction of sp³-hybridized carbons (Fsp3) is 0.500. The van der Waals surface area contributed by atoms with Crippen molar-refractivity contribution in [3.05, 3.63) is 34.1 Å². The number of nitrogens with one attached hydrogen (secondary N) is 1. The average molecular weight is 331 g/mol. The maximum atomic E-state index is 13.5. The number of amides is 1. The van der Waals surface area contributed by atoms with Crippen molar-refractivity contribution in [2.24, 2.45) is 0 Å². The highest BCUT2D eigenvalue weighted by molar-refractivity contribution is 9.10. The molecule has 0 aliphatic heterocycles. The molecule has 0 saturated heterocycles. The highest BCUT2D eigenvalue weighted by atomic mass is 79.9. The molecule has 0 unspecified atom stereocenters. The topological polar surface area (TPSA) is 32.3 Å². The first-order valence-corrected chi connectivity index (χ1v) is 7.33. The SMILES string of the molecule is CCN(CC)CCCNC(=O)c1cc(Br)ccc1F. The number of benzene rings is 1. The molecule has 1 aromatic rings. The summed E-state index contributed by atoms with van der Waals surface area (Å²) in [6, 6.07) is 4.36. The molecule has 0 saturated carbocycles. The molecule has 0 aliphatic carbocycles. The van der Waals surface area contributed by atoms with Gasteiger partial charge in [-0.15, -0.1) is 0 Å². The Morgan fingerprint density at radius 3 is 2.68 bits per heavy atom. The highest BCUT2D eigenvalue weighted by Gasteiger charge is 2.11. The molecule has 3 nitrogen and oxygen atoms in total. The van der Waals surface area contributed by atoms with Gasteiger partial charge >= 0.3 is 0 Å². The van der Waals surface area contributed by atoms with E-state index in [0.717, 1.165) is 26.1 Å². The van der Waals surface area contributed by atoms with Crippen LogP contribution >= 0.6 is 15.9 Å². The van der Waals surface area contributed by atoms with E-state index in [4.69, 9.17) is 0 Å². The van der Waals surface area contributed by atoms with Gasteiger partial charge < -0.3 is 10.2 Å². The van der Waals surface area contributed by atoms with Gasteiger partial charge in [0.25, 0.3) is 5.91 Å². The molecular formula is C14H20BrFN2O.